The normalized spacial score (nSPS) is 9.90. The molecule has 0 N–H and O–H groups in total. The maximum Gasteiger partial charge on any atom is 0.507 e. The molecule has 0 aliphatic rings. The molecule has 6 nitrogen and oxygen atoms in total. The Kier molecular flexibility index (Phi) is 12.9. The molecule has 0 amide bonds. The molecule has 0 aromatic rings. The Balaban J connectivity index is 3.06. The first-order chi connectivity index (χ1) is 9.70. The SMILES string of the molecule is COC(=O)OCCCCCCCCCCOC(=O)OC. The number of rotatable bonds is 11. The number of hydrogen-bond donors (Lipinski definition) is 0. The van der Waals surface area contributed by atoms with E-state index >= 15 is 0 Å². The lowest BCUT2D eigenvalue weighted by Gasteiger charge is -2.04. The minimum atomic E-state index is -0.612. The lowest BCUT2D eigenvalue weighted by atomic mass is 10.1. The molecular weight excluding hydrogens is 264 g/mol. The summed E-state index contributed by atoms with van der Waals surface area (Å²) in [5.41, 5.74) is 0. The standard InChI is InChI=1S/C14H26O6/c1-17-13(15)19-11-9-7-5-3-4-6-8-10-12-20-14(16)18-2/h3-12H2,1-2H3. The highest BCUT2D eigenvalue weighted by Crippen LogP contribution is 2.09. The van der Waals surface area contributed by atoms with E-state index in [-0.39, 0.29) is 0 Å². The molecule has 0 bridgehead atoms. The Morgan fingerprint density at radius 1 is 0.600 bits per heavy atom. The number of ether oxygens (including phenoxy) is 4. The molecule has 20 heavy (non-hydrogen) atoms. The summed E-state index contributed by atoms with van der Waals surface area (Å²) in [5.74, 6) is 0. The van der Waals surface area contributed by atoms with Gasteiger partial charge in [-0.2, -0.15) is 0 Å². The van der Waals surface area contributed by atoms with Crippen LogP contribution in [0.25, 0.3) is 0 Å². The molecule has 0 spiro atoms. The van der Waals surface area contributed by atoms with Gasteiger partial charge in [0.05, 0.1) is 27.4 Å². The monoisotopic (exact) mass is 290 g/mol. The van der Waals surface area contributed by atoms with Crippen LogP contribution in [0.1, 0.15) is 51.4 Å². The van der Waals surface area contributed by atoms with Gasteiger partial charge < -0.3 is 18.9 Å². The van der Waals surface area contributed by atoms with Crippen LogP contribution in [-0.4, -0.2) is 39.7 Å². The van der Waals surface area contributed by atoms with E-state index in [1.807, 2.05) is 0 Å². The maximum atomic E-state index is 10.6. The zero-order valence-corrected chi connectivity index (χ0v) is 12.5. The lowest BCUT2D eigenvalue weighted by molar-refractivity contribution is 0.0701. The highest BCUT2D eigenvalue weighted by Gasteiger charge is 2.00. The zero-order chi connectivity index (χ0) is 15.1. The number of carbonyl (C=O) groups is 2. The van der Waals surface area contributed by atoms with E-state index in [4.69, 9.17) is 9.47 Å². The molecule has 0 atom stereocenters. The van der Waals surface area contributed by atoms with Crippen molar-refractivity contribution in [3.8, 4) is 0 Å². The smallest absolute Gasteiger partial charge is 0.438 e. The van der Waals surface area contributed by atoms with Gasteiger partial charge in [-0.3, -0.25) is 0 Å². The first-order valence-corrected chi connectivity index (χ1v) is 7.12. The number of unbranched alkanes of at least 4 members (excludes halogenated alkanes) is 7. The molecule has 0 aliphatic heterocycles. The van der Waals surface area contributed by atoms with E-state index in [2.05, 4.69) is 9.47 Å². The molecule has 0 saturated carbocycles. The van der Waals surface area contributed by atoms with Crippen LogP contribution >= 0.6 is 0 Å². The van der Waals surface area contributed by atoms with Gasteiger partial charge in [-0.05, 0) is 12.8 Å². The number of carbonyl (C=O) groups excluding carboxylic acids is 2. The number of hydrogen-bond acceptors (Lipinski definition) is 6. The summed E-state index contributed by atoms with van der Waals surface area (Å²) in [6, 6.07) is 0. The fourth-order valence-electron chi connectivity index (χ4n) is 1.69. The van der Waals surface area contributed by atoms with E-state index in [1.54, 1.807) is 0 Å². The summed E-state index contributed by atoms with van der Waals surface area (Å²) in [7, 11) is 2.61. The van der Waals surface area contributed by atoms with E-state index in [9.17, 15) is 9.59 Å². The second-order valence-corrected chi connectivity index (χ2v) is 4.43. The van der Waals surface area contributed by atoms with Gasteiger partial charge in [-0.1, -0.05) is 38.5 Å². The van der Waals surface area contributed by atoms with E-state index in [0.717, 1.165) is 38.5 Å². The topological polar surface area (TPSA) is 71.1 Å². The van der Waals surface area contributed by atoms with Gasteiger partial charge in [0.2, 0.25) is 0 Å². The summed E-state index contributed by atoms with van der Waals surface area (Å²) >= 11 is 0. The predicted octanol–water partition coefficient (Wildman–Crippen LogP) is 3.67. The highest BCUT2D eigenvalue weighted by atomic mass is 16.7. The molecule has 0 fully saturated rings. The Morgan fingerprint density at radius 2 is 0.900 bits per heavy atom. The zero-order valence-electron chi connectivity index (χ0n) is 12.5. The molecule has 0 radical (unpaired) electrons. The average molecular weight is 290 g/mol. The fourth-order valence-corrected chi connectivity index (χ4v) is 1.69. The van der Waals surface area contributed by atoms with Crippen LogP contribution in [0.4, 0.5) is 9.59 Å². The van der Waals surface area contributed by atoms with Crippen molar-refractivity contribution < 1.29 is 28.5 Å². The summed E-state index contributed by atoms with van der Waals surface area (Å²) < 4.78 is 18.3. The third-order valence-corrected chi connectivity index (χ3v) is 2.81. The molecule has 118 valence electrons. The van der Waals surface area contributed by atoms with Gasteiger partial charge in [-0.15, -0.1) is 0 Å². The minimum Gasteiger partial charge on any atom is -0.438 e. The van der Waals surface area contributed by atoms with Gasteiger partial charge >= 0.3 is 12.3 Å². The van der Waals surface area contributed by atoms with Crippen molar-refractivity contribution in [2.45, 2.75) is 51.4 Å². The van der Waals surface area contributed by atoms with Gasteiger partial charge in [0.25, 0.3) is 0 Å². The number of methoxy groups -OCH3 is 2. The van der Waals surface area contributed by atoms with Crippen molar-refractivity contribution in [2.75, 3.05) is 27.4 Å². The first-order valence-electron chi connectivity index (χ1n) is 7.12. The van der Waals surface area contributed by atoms with Crippen LogP contribution in [0.2, 0.25) is 0 Å². The quantitative estimate of drug-likeness (QED) is 0.427. The third kappa shape index (κ3) is 13.0. The van der Waals surface area contributed by atoms with Crippen LogP contribution in [0, 0.1) is 0 Å². The Hall–Kier alpha value is -1.46. The van der Waals surface area contributed by atoms with Crippen LogP contribution in [-0.2, 0) is 18.9 Å². The Bertz CT molecular complexity index is 228. The van der Waals surface area contributed by atoms with Gasteiger partial charge in [0, 0.05) is 0 Å². The molecule has 0 aromatic heterocycles. The fraction of sp³-hybridized carbons (Fsp3) is 0.857. The molecular formula is C14H26O6. The second-order valence-electron chi connectivity index (χ2n) is 4.43. The molecule has 0 heterocycles. The van der Waals surface area contributed by atoms with Crippen molar-refractivity contribution in [3.63, 3.8) is 0 Å². The van der Waals surface area contributed by atoms with Crippen LogP contribution in [0.3, 0.4) is 0 Å². The molecule has 0 aromatic carbocycles. The van der Waals surface area contributed by atoms with Crippen LogP contribution < -0.4 is 0 Å². The van der Waals surface area contributed by atoms with Crippen molar-refractivity contribution in [2.24, 2.45) is 0 Å². The molecule has 0 rings (SSSR count). The van der Waals surface area contributed by atoms with Crippen molar-refractivity contribution in [3.05, 3.63) is 0 Å². The average Bonchev–Trinajstić information content (AvgIpc) is 2.47. The van der Waals surface area contributed by atoms with Crippen molar-refractivity contribution in [1.82, 2.24) is 0 Å². The van der Waals surface area contributed by atoms with Crippen molar-refractivity contribution in [1.29, 1.82) is 0 Å². The molecule has 0 saturated heterocycles. The molecule has 0 aliphatic carbocycles. The second kappa shape index (κ2) is 14.0. The van der Waals surface area contributed by atoms with E-state index < -0.39 is 12.3 Å². The lowest BCUT2D eigenvalue weighted by Crippen LogP contribution is -2.05. The van der Waals surface area contributed by atoms with Crippen molar-refractivity contribution >= 4 is 12.3 Å². The van der Waals surface area contributed by atoms with Gasteiger partial charge in [-0.25, -0.2) is 9.59 Å². The van der Waals surface area contributed by atoms with E-state index in [1.165, 1.54) is 27.1 Å². The Morgan fingerprint density at radius 3 is 1.20 bits per heavy atom. The summed E-state index contributed by atoms with van der Waals surface area (Å²) in [5, 5.41) is 0. The van der Waals surface area contributed by atoms with Crippen LogP contribution in [0.5, 0.6) is 0 Å². The van der Waals surface area contributed by atoms with E-state index in [0.29, 0.717) is 13.2 Å². The predicted molar refractivity (Wildman–Crippen MR) is 73.7 cm³/mol. The summed E-state index contributed by atoms with van der Waals surface area (Å²) in [4.78, 5) is 21.3. The maximum absolute atomic E-state index is 10.6. The summed E-state index contributed by atoms with van der Waals surface area (Å²) in [6.07, 6.45) is 7.28. The van der Waals surface area contributed by atoms with Gasteiger partial charge in [0.15, 0.2) is 0 Å². The largest absolute Gasteiger partial charge is 0.507 e. The highest BCUT2D eigenvalue weighted by molar-refractivity contribution is 5.59. The van der Waals surface area contributed by atoms with Gasteiger partial charge in [0.1, 0.15) is 0 Å². The molecule has 0 unspecified atom stereocenters. The third-order valence-electron chi connectivity index (χ3n) is 2.81. The molecule has 6 heteroatoms. The van der Waals surface area contributed by atoms with Crippen LogP contribution in [0.15, 0.2) is 0 Å². The summed E-state index contributed by atoms with van der Waals surface area (Å²) in [6.45, 7) is 0.856. The minimum absolute atomic E-state index is 0.428. The Labute approximate surface area is 120 Å². The first kappa shape index (κ1) is 18.5.